The summed E-state index contributed by atoms with van der Waals surface area (Å²) in [5.74, 6) is 1.69. The average molecular weight is 351 g/mol. The molecule has 2 aromatic rings. The number of halogens is 1. The van der Waals surface area contributed by atoms with Crippen LogP contribution in [0.4, 0.5) is 0 Å². The summed E-state index contributed by atoms with van der Waals surface area (Å²) >= 11 is 3.38. The molecule has 0 saturated carbocycles. The van der Waals surface area contributed by atoms with Crippen LogP contribution in [0.3, 0.4) is 0 Å². The third-order valence-corrected chi connectivity index (χ3v) is 3.68. The minimum atomic E-state index is -0.0979. The number of rotatable bonds is 5. The van der Waals surface area contributed by atoms with Crippen molar-refractivity contribution < 1.29 is 19.0 Å². The fraction of sp³-hybridized carbons (Fsp3) is 0.188. The van der Waals surface area contributed by atoms with Crippen molar-refractivity contribution in [1.82, 2.24) is 0 Å². The highest BCUT2D eigenvalue weighted by molar-refractivity contribution is 9.10. The summed E-state index contributed by atoms with van der Waals surface area (Å²) in [5, 5.41) is 0. The lowest BCUT2D eigenvalue weighted by Crippen LogP contribution is -2.03. The van der Waals surface area contributed by atoms with Gasteiger partial charge in [-0.3, -0.25) is 4.79 Å². The molecule has 0 radical (unpaired) electrons. The first-order chi connectivity index (χ1) is 10.1. The molecule has 4 nitrogen and oxygen atoms in total. The maximum absolute atomic E-state index is 12.5. The quantitative estimate of drug-likeness (QED) is 0.771. The zero-order chi connectivity index (χ0) is 15.4. The third-order valence-electron chi connectivity index (χ3n) is 3.06. The van der Waals surface area contributed by atoms with Crippen molar-refractivity contribution >= 4 is 21.7 Å². The Balaban J connectivity index is 2.38. The molecule has 110 valence electrons. The summed E-state index contributed by atoms with van der Waals surface area (Å²) in [7, 11) is 4.67. The molecule has 0 aliphatic heterocycles. The second-order valence-electron chi connectivity index (χ2n) is 4.25. The van der Waals surface area contributed by atoms with Crippen LogP contribution in [0.2, 0.25) is 0 Å². The van der Waals surface area contributed by atoms with Gasteiger partial charge in [-0.1, -0.05) is 0 Å². The van der Waals surface area contributed by atoms with E-state index in [-0.39, 0.29) is 5.78 Å². The smallest absolute Gasteiger partial charge is 0.193 e. The van der Waals surface area contributed by atoms with Gasteiger partial charge in [-0.15, -0.1) is 0 Å². The van der Waals surface area contributed by atoms with Gasteiger partial charge in [0.15, 0.2) is 17.3 Å². The van der Waals surface area contributed by atoms with Crippen LogP contribution < -0.4 is 14.2 Å². The standard InChI is InChI=1S/C16H15BrO4/c1-19-13-6-4-10(8-12(13)17)16(18)11-5-7-14(20-2)15(9-11)21-3/h4-9H,1-3H3. The van der Waals surface area contributed by atoms with Crippen molar-refractivity contribution in [2.24, 2.45) is 0 Å². The Bertz CT molecular complexity index is 667. The van der Waals surface area contributed by atoms with Crippen molar-refractivity contribution in [1.29, 1.82) is 0 Å². The molecular formula is C16H15BrO4. The van der Waals surface area contributed by atoms with Crippen LogP contribution >= 0.6 is 15.9 Å². The molecule has 0 heterocycles. The van der Waals surface area contributed by atoms with E-state index in [9.17, 15) is 4.79 Å². The van der Waals surface area contributed by atoms with Crippen LogP contribution in [-0.2, 0) is 0 Å². The van der Waals surface area contributed by atoms with Gasteiger partial charge in [0.2, 0.25) is 0 Å². The molecule has 2 rings (SSSR count). The molecule has 0 aliphatic rings. The predicted octanol–water partition coefficient (Wildman–Crippen LogP) is 3.71. The van der Waals surface area contributed by atoms with Crippen molar-refractivity contribution in [3.05, 3.63) is 52.0 Å². The van der Waals surface area contributed by atoms with Gasteiger partial charge < -0.3 is 14.2 Å². The van der Waals surface area contributed by atoms with Crippen molar-refractivity contribution in [2.75, 3.05) is 21.3 Å². The van der Waals surface area contributed by atoms with E-state index in [1.165, 1.54) is 7.11 Å². The molecule has 0 N–H and O–H groups in total. The van der Waals surface area contributed by atoms with Crippen LogP contribution in [0.1, 0.15) is 15.9 Å². The highest BCUT2D eigenvalue weighted by Gasteiger charge is 2.14. The topological polar surface area (TPSA) is 44.8 Å². The number of ether oxygens (including phenoxy) is 3. The number of hydrogen-bond acceptors (Lipinski definition) is 4. The maximum atomic E-state index is 12.5. The zero-order valence-corrected chi connectivity index (χ0v) is 13.6. The van der Waals surface area contributed by atoms with Gasteiger partial charge in [0.25, 0.3) is 0 Å². The van der Waals surface area contributed by atoms with Gasteiger partial charge in [0.05, 0.1) is 25.8 Å². The monoisotopic (exact) mass is 350 g/mol. The van der Waals surface area contributed by atoms with E-state index in [0.717, 1.165) is 4.47 Å². The molecule has 0 bridgehead atoms. The second kappa shape index (κ2) is 6.63. The molecule has 0 amide bonds. The van der Waals surface area contributed by atoms with Gasteiger partial charge in [-0.2, -0.15) is 0 Å². The van der Waals surface area contributed by atoms with Gasteiger partial charge >= 0.3 is 0 Å². The molecule has 0 fully saturated rings. The van der Waals surface area contributed by atoms with Crippen molar-refractivity contribution in [2.45, 2.75) is 0 Å². The van der Waals surface area contributed by atoms with E-state index in [1.807, 2.05) is 0 Å². The molecule has 0 saturated heterocycles. The van der Waals surface area contributed by atoms with E-state index in [4.69, 9.17) is 14.2 Å². The van der Waals surface area contributed by atoms with Gasteiger partial charge in [0.1, 0.15) is 5.75 Å². The number of carbonyl (C=O) groups is 1. The lowest BCUT2D eigenvalue weighted by molar-refractivity contribution is 0.103. The van der Waals surface area contributed by atoms with E-state index in [2.05, 4.69) is 15.9 Å². The number of benzene rings is 2. The van der Waals surface area contributed by atoms with E-state index >= 15 is 0 Å². The average Bonchev–Trinajstić information content (AvgIpc) is 2.53. The first-order valence-corrected chi connectivity index (χ1v) is 7.00. The fourth-order valence-corrected chi connectivity index (χ4v) is 2.49. The fourth-order valence-electron chi connectivity index (χ4n) is 1.95. The number of hydrogen-bond donors (Lipinski definition) is 0. The molecule has 0 aliphatic carbocycles. The van der Waals surface area contributed by atoms with Crippen LogP contribution in [0, 0.1) is 0 Å². The first-order valence-electron chi connectivity index (χ1n) is 6.21. The molecular weight excluding hydrogens is 336 g/mol. The highest BCUT2D eigenvalue weighted by atomic mass is 79.9. The van der Waals surface area contributed by atoms with Crippen LogP contribution in [0.5, 0.6) is 17.2 Å². The summed E-state index contributed by atoms with van der Waals surface area (Å²) in [6, 6.07) is 10.3. The normalized spacial score (nSPS) is 10.1. The SMILES string of the molecule is COc1ccc(C(=O)c2ccc(OC)c(OC)c2)cc1Br. The van der Waals surface area contributed by atoms with Gasteiger partial charge in [-0.25, -0.2) is 0 Å². The summed E-state index contributed by atoms with van der Waals surface area (Å²) in [4.78, 5) is 12.5. The van der Waals surface area contributed by atoms with E-state index < -0.39 is 0 Å². The molecule has 0 spiro atoms. The highest BCUT2D eigenvalue weighted by Crippen LogP contribution is 2.30. The van der Waals surface area contributed by atoms with Gasteiger partial charge in [0, 0.05) is 11.1 Å². The Morgan fingerprint density at radius 1 is 0.810 bits per heavy atom. The Morgan fingerprint density at radius 3 is 1.86 bits per heavy atom. The summed E-state index contributed by atoms with van der Waals surface area (Å²) in [5.41, 5.74) is 1.10. The van der Waals surface area contributed by atoms with Gasteiger partial charge in [-0.05, 0) is 52.3 Å². The number of ketones is 1. The minimum Gasteiger partial charge on any atom is -0.496 e. The third kappa shape index (κ3) is 3.19. The van der Waals surface area contributed by atoms with Crippen LogP contribution in [-0.4, -0.2) is 27.1 Å². The maximum Gasteiger partial charge on any atom is 0.193 e. The molecule has 2 aromatic carbocycles. The lowest BCUT2D eigenvalue weighted by atomic mass is 10.0. The van der Waals surface area contributed by atoms with E-state index in [1.54, 1.807) is 50.6 Å². The summed E-state index contributed by atoms with van der Waals surface area (Å²) < 4.78 is 16.3. The minimum absolute atomic E-state index is 0.0979. The van der Waals surface area contributed by atoms with Crippen molar-refractivity contribution in [3.8, 4) is 17.2 Å². The summed E-state index contributed by atoms with van der Waals surface area (Å²) in [6.07, 6.45) is 0. The van der Waals surface area contributed by atoms with Crippen LogP contribution in [0.25, 0.3) is 0 Å². The van der Waals surface area contributed by atoms with Crippen molar-refractivity contribution in [3.63, 3.8) is 0 Å². The van der Waals surface area contributed by atoms with Crippen LogP contribution in [0.15, 0.2) is 40.9 Å². The Kier molecular flexibility index (Phi) is 4.85. The zero-order valence-electron chi connectivity index (χ0n) is 12.0. The molecule has 5 heteroatoms. The molecule has 0 aromatic heterocycles. The largest absolute Gasteiger partial charge is 0.496 e. The predicted molar refractivity (Wildman–Crippen MR) is 83.7 cm³/mol. The lowest BCUT2D eigenvalue weighted by Gasteiger charge is -2.10. The number of methoxy groups -OCH3 is 3. The molecule has 0 unspecified atom stereocenters. The molecule has 0 atom stereocenters. The Labute approximate surface area is 131 Å². The Hall–Kier alpha value is -2.01. The molecule has 21 heavy (non-hydrogen) atoms. The summed E-state index contributed by atoms with van der Waals surface area (Å²) in [6.45, 7) is 0. The Morgan fingerprint density at radius 2 is 1.33 bits per heavy atom. The van der Waals surface area contributed by atoms with E-state index in [0.29, 0.717) is 28.4 Å². The second-order valence-corrected chi connectivity index (χ2v) is 5.10. The number of carbonyl (C=O) groups excluding carboxylic acids is 1. The first kappa shape index (κ1) is 15.4.